The molecule has 3 N–H and O–H groups in total. The van der Waals surface area contributed by atoms with Gasteiger partial charge in [0.2, 0.25) is 0 Å². The molecule has 4 heteroatoms. The second-order valence-corrected chi connectivity index (χ2v) is 7.38. The van der Waals surface area contributed by atoms with Gasteiger partial charge in [-0.3, -0.25) is 5.10 Å². The summed E-state index contributed by atoms with van der Waals surface area (Å²) in [6, 6.07) is 20.6. The van der Waals surface area contributed by atoms with E-state index in [1.165, 1.54) is 5.56 Å². The lowest BCUT2D eigenvalue weighted by Crippen LogP contribution is -2.34. The number of hydrogen-bond acceptors (Lipinski definition) is 3. The van der Waals surface area contributed by atoms with Crippen molar-refractivity contribution in [2.45, 2.75) is 26.3 Å². The van der Waals surface area contributed by atoms with Crippen LogP contribution in [0.5, 0.6) is 0 Å². The van der Waals surface area contributed by atoms with Gasteiger partial charge in [0.05, 0.1) is 11.9 Å². The van der Waals surface area contributed by atoms with E-state index in [4.69, 9.17) is 0 Å². The quantitative estimate of drug-likeness (QED) is 0.577. The summed E-state index contributed by atoms with van der Waals surface area (Å²) in [5.41, 5.74) is 4.37. The first-order chi connectivity index (χ1) is 12.6. The van der Waals surface area contributed by atoms with Crippen LogP contribution in [0.2, 0.25) is 0 Å². The number of aliphatic hydroxyl groups is 1. The van der Waals surface area contributed by atoms with Crippen molar-refractivity contribution in [1.82, 2.24) is 15.5 Å². The summed E-state index contributed by atoms with van der Waals surface area (Å²) >= 11 is 0. The Kier molecular flexibility index (Phi) is 5.86. The maximum Gasteiger partial charge on any atom is 0.0695 e. The molecule has 26 heavy (non-hydrogen) atoms. The van der Waals surface area contributed by atoms with E-state index < -0.39 is 0 Å². The molecule has 0 saturated carbocycles. The van der Waals surface area contributed by atoms with Crippen LogP contribution in [0, 0.1) is 5.41 Å². The van der Waals surface area contributed by atoms with Crippen LogP contribution < -0.4 is 5.32 Å². The zero-order valence-electron chi connectivity index (χ0n) is 15.4. The van der Waals surface area contributed by atoms with Crippen LogP contribution in [-0.4, -0.2) is 28.5 Å². The lowest BCUT2D eigenvalue weighted by atomic mass is 9.75. The third kappa shape index (κ3) is 4.21. The van der Waals surface area contributed by atoms with Crippen molar-refractivity contribution in [3.05, 3.63) is 78.0 Å². The molecule has 0 radical (unpaired) electrons. The number of H-pyrrole nitrogens is 1. The third-order valence-corrected chi connectivity index (χ3v) is 5.00. The first kappa shape index (κ1) is 18.4. The molecule has 0 aliphatic heterocycles. The molecule has 0 spiro atoms. The van der Waals surface area contributed by atoms with Crippen LogP contribution in [-0.2, 0) is 6.54 Å². The molecule has 1 heterocycles. The lowest BCUT2D eigenvalue weighted by molar-refractivity contribution is 0.129. The number of aromatic amines is 1. The van der Waals surface area contributed by atoms with Gasteiger partial charge in [0.15, 0.2) is 0 Å². The number of hydrogen-bond donors (Lipinski definition) is 3. The Balaban J connectivity index is 1.71. The Morgan fingerprint density at radius 2 is 1.69 bits per heavy atom. The van der Waals surface area contributed by atoms with E-state index in [9.17, 15) is 5.11 Å². The SMILES string of the molecule is CC(C)(CO)C(CNCc1cn[nH]c1-c1ccccc1)c1ccccc1. The van der Waals surface area contributed by atoms with Crippen LogP contribution in [0.4, 0.5) is 0 Å². The van der Waals surface area contributed by atoms with Crippen LogP contribution in [0.3, 0.4) is 0 Å². The van der Waals surface area contributed by atoms with Crippen molar-refractivity contribution in [3.63, 3.8) is 0 Å². The predicted molar refractivity (Wildman–Crippen MR) is 106 cm³/mol. The minimum atomic E-state index is -0.201. The largest absolute Gasteiger partial charge is 0.396 e. The molecule has 0 saturated heterocycles. The number of aliphatic hydroxyl groups excluding tert-OH is 1. The highest BCUT2D eigenvalue weighted by molar-refractivity contribution is 5.62. The van der Waals surface area contributed by atoms with Gasteiger partial charge in [0.25, 0.3) is 0 Å². The highest BCUT2D eigenvalue weighted by Gasteiger charge is 2.29. The van der Waals surface area contributed by atoms with E-state index in [1.807, 2.05) is 30.5 Å². The van der Waals surface area contributed by atoms with Gasteiger partial charge in [-0.25, -0.2) is 0 Å². The Labute approximate surface area is 155 Å². The number of benzene rings is 2. The first-order valence-electron chi connectivity index (χ1n) is 9.06. The Bertz CT molecular complexity index is 797. The molecular weight excluding hydrogens is 322 g/mol. The summed E-state index contributed by atoms with van der Waals surface area (Å²) in [5, 5.41) is 20.7. The van der Waals surface area contributed by atoms with Crippen molar-refractivity contribution in [1.29, 1.82) is 0 Å². The summed E-state index contributed by atoms with van der Waals surface area (Å²) in [6.07, 6.45) is 1.88. The molecule has 0 aliphatic rings. The molecule has 1 unspecified atom stereocenters. The normalized spacial score (nSPS) is 12.9. The fraction of sp³-hybridized carbons (Fsp3) is 0.318. The van der Waals surface area contributed by atoms with Gasteiger partial charge in [-0.15, -0.1) is 0 Å². The molecule has 0 amide bonds. The molecule has 1 atom stereocenters. The highest BCUT2D eigenvalue weighted by Crippen LogP contribution is 2.34. The summed E-state index contributed by atoms with van der Waals surface area (Å²) in [6.45, 7) is 5.89. The van der Waals surface area contributed by atoms with Gasteiger partial charge in [-0.1, -0.05) is 74.5 Å². The number of nitrogens with one attached hydrogen (secondary N) is 2. The van der Waals surface area contributed by atoms with Crippen LogP contribution in [0.25, 0.3) is 11.3 Å². The minimum Gasteiger partial charge on any atom is -0.396 e. The van der Waals surface area contributed by atoms with Gasteiger partial charge >= 0.3 is 0 Å². The topological polar surface area (TPSA) is 60.9 Å². The fourth-order valence-corrected chi connectivity index (χ4v) is 3.29. The van der Waals surface area contributed by atoms with Crippen molar-refractivity contribution in [3.8, 4) is 11.3 Å². The second kappa shape index (κ2) is 8.30. The van der Waals surface area contributed by atoms with Crippen LogP contribution >= 0.6 is 0 Å². The molecule has 0 bridgehead atoms. The van der Waals surface area contributed by atoms with Crippen LogP contribution in [0.15, 0.2) is 66.9 Å². The van der Waals surface area contributed by atoms with E-state index in [-0.39, 0.29) is 17.9 Å². The van der Waals surface area contributed by atoms with Crippen molar-refractivity contribution >= 4 is 0 Å². The van der Waals surface area contributed by atoms with E-state index in [1.54, 1.807) is 0 Å². The van der Waals surface area contributed by atoms with Gasteiger partial charge in [0.1, 0.15) is 0 Å². The molecule has 4 nitrogen and oxygen atoms in total. The van der Waals surface area contributed by atoms with Crippen molar-refractivity contribution < 1.29 is 5.11 Å². The zero-order valence-corrected chi connectivity index (χ0v) is 15.4. The summed E-state index contributed by atoms with van der Waals surface area (Å²) < 4.78 is 0. The van der Waals surface area contributed by atoms with Gasteiger partial charge in [0, 0.05) is 31.2 Å². The predicted octanol–water partition coefficient (Wildman–Crippen LogP) is 3.97. The van der Waals surface area contributed by atoms with E-state index >= 15 is 0 Å². The second-order valence-electron chi connectivity index (χ2n) is 7.38. The number of nitrogens with zero attached hydrogens (tertiary/aromatic N) is 1. The maximum atomic E-state index is 9.86. The standard InChI is InChI=1S/C22H27N3O/c1-22(2,16-26)20(17-9-5-3-6-10-17)15-23-13-19-14-24-25-21(19)18-11-7-4-8-12-18/h3-12,14,20,23,26H,13,15-16H2,1-2H3,(H,24,25). The monoisotopic (exact) mass is 349 g/mol. The average Bonchev–Trinajstić information content (AvgIpc) is 3.15. The zero-order chi connectivity index (χ0) is 18.4. The third-order valence-electron chi connectivity index (χ3n) is 5.00. The van der Waals surface area contributed by atoms with Gasteiger partial charge < -0.3 is 10.4 Å². The molecule has 3 rings (SSSR count). The highest BCUT2D eigenvalue weighted by atomic mass is 16.3. The number of rotatable bonds is 8. The van der Waals surface area contributed by atoms with Gasteiger partial charge in [-0.2, -0.15) is 5.10 Å². The maximum absolute atomic E-state index is 9.86. The van der Waals surface area contributed by atoms with Gasteiger partial charge in [-0.05, 0) is 16.5 Å². The molecule has 2 aromatic carbocycles. The molecule has 3 aromatic rings. The van der Waals surface area contributed by atoms with Crippen molar-refractivity contribution in [2.24, 2.45) is 5.41 Å². The smallest absolute Gasteiger partial charge is 0.0695 e. The van der Waals surface area contributed by atoms with E-state index in [0.717, 1.165) is 29.9 Å². The summed E-state index contributed by atoms with van der Waals surface area (Å²) in [7, 11) is 0. The van der Waals surface area contributed by atoms with E-state index in [2.05, 4.69) is 65.8 Å². The molecule has 0 fully saturated rings. The fourth-order valence-electron chi connectivity index (χ4n) is 3.29. The number of aromatic nitrogens is 2. The Hall–Kier alpha value is -2.43. The van der Waals surface area contributed by atoms with Crippen molar-refractivity contribution in [2.75, 3.05) is 13.2 Å². The minimum absolute atomic E-state index is 0.148. The molecule has 136 valence electrons. The van der Waals surface area contributed by atoms with Crippen LogP contribution in [0.1, 0.15) is 30.9 Å². The lowest BCUT2D eigenvalue weighted by Gasteiger charge is -2.33. The summed E-state index contributed by atoms with van der Waals surface area (Å²) in [4.78, 5) is 0. The molecular formula is C22H27N3O. The average molecular weight is 349 g/mol. The summed E-state index contributed by atoms with van der Waals surface area (Å²) in [5.74, 6) is 0.223. The van der Waals surface area contributed by atoms with E-state index in [0.29, 0.717) is 0 Å². The first-order valence-corrected chi connectivity index (χ1v) is 9.06. The molecule has 0 aliphatic carbocycles. The Morgan fingerprint density at radius 3 is 2.35 bits per heavy atom. The molecule has 1 aromatic heterocycles. The Morgan fingerprint density at radius 1 is 1.04 bits per heavy atom.